The third kappa shape index (κ3) is 3.80. The molecule has 0 amide bonds. The first kappa shape index (κ1) is 17.0. The van der Waals surface area contributed by atoms with Crippen LogP contribution in [0.1, 0.15) is 44.5 Å². The fourth-order valence-corrected chi connectivity index (χ4v) is 3.92. The lowest BCUT2D eigenvalue weighted by atomic mass is 10.1. The molecule has 1 aromatic carbocycles. The van der Waals surface area contributed by atoms with Crippen molar-refractivity contribution in [2.75, 3.05) is 18.8 Å². The van der Waals surface area contributed by atoms with Crippen molar-refractivity contribution in [3.63, 3.8) is 0 Å². The van der Waals surface area contributed by atoms with E-state index in [1.54, 1.807) is 11.8 Å². The molecule has 24 heavy (non-hydrogen) atoms. The van der Waals surface area contributed by atoms with E-state index in [0.717, 1.165) is 35.5 Å². The van der Waals surface area contributed by atoms with E-state index >= 15 is 0 Å². The Balaban J connectivity index is 1.92. The summed E-state index contributed by atoms with van der Waals surface area (Å²) in [4.78, 5) is 2.50. The molecule has 1 fully saturated rings. The van der Waals surface area contributed by atoms with E-state index in [1.165, 1.54) is 19.3 Å². The third-order valence-corrected chi connectivity index (χ3v) is 5.36. The van der Waals surface area contributed by atoms with E-state index in [4.69, 9.17) is 5.26 Å². The van der Waals surface area contributed by atoms with Crippen LogP contribution in [0, 0.1) is 11.3 Å². The molecule has 1 atom stereocenters. The maximum atomic E-state index is 8.78. The van der Waals surface area contributed by atoms with Crippen molar-refractivity contribution in [2.45, 2.75) is 43.8 Å². The summed E-state index contributed by atoms with van der Waals surface area (Å²) in [6, 6.07) is 12.7. The third-order valence-electron chi connectivity index (χ3n) is 4.43. The number of hydrogen-bond acceptors (Lipinski definition) is 5. The average Bonchev–Trinajstić information content (AvgIpc) is 3.06. The van der Waals surface area contributed by atoms with Crippen molar-refractivity contribution in [3.8, 4) is 11.8 Å². The highest BCUT2D eigenvalue weighted by atomic mass is 32.2. The Morgan fingerprint density at radius 2 is 1.92 bits per heavy atom. The van der Waals surface area contributed by atoms with Gasteiger partial charge in [-0.3, -0.25) is 9.47 Å². The molecule has 1 aliphatic heterocycles. The van der Waals surface area contributed by atoms with Crippen molar-refractivity contribution in [1.29, 1.82) is 5.26 Å². The SMILES string of the molecule is CC(c1nnc(SCCC#N)n1-c1ccccc1)N1CCCCC1. The van der Waals surface area contributed by atoms with Crippen LogP contribution in [-0.4, -0.2) is 38.5 Å². The normalized spacial score (nSPS) is 16.7. The monoisotopic (exact) mass is 341 g/mol. The molecular weight excluding hydrogens is 318 g/mol. The molecule has 5 nitrogen and oxygen atoms in total. The van der Waals surface area contributed by atoms with Gasteiger partial charge in [0, 0.05) is 17.9 Å². The number of para-hydroxylation sites is 1. The van der Waals surface area contributed by atoms with Crippen LogP contribution in [0.15, 0.2) is 35.5 Å². The average molecular weight is 341 g/mol. The van der Waals surface area contributed by atoms with E-state index < -0.39 is 0 Å². The summed E-state index contributed by atoms with van der Waals surface area (Å²) in [5, 5.41) is 18.6. The number of hydrogen-bond donors (Lipinski definition) is 0. The Morgan fingerprint density at radius 3 is 2.62 bits per heavy atom. The predicted octanol–water partition coefficient (Wildman–Crippen LogP) is 3.82. The smallest absolute Gasteiger partial charge is 0.195 e. The minimum atomic E-state index is 0.239. The van der Waals surface area contributed by atoms with Crippen LogP contribution in [0.5, 0.6) is 0 Å². The van der Waals surface area contributed by atoms with Crippen LogP contribution in [-0.2, 0) is 0 Å². The largest absolute Gasteiger partial charge is 0.294 e. The summed E-state index contributed by atoms with van der Waals surface area (Å²) < 4.78 is 2.15. The zero-order valence-corrected chi connectivity index (χ0v) is 14.9. The molecule has 1 unspecified atom stereocenters. The maximum Gasteiger partial charge on any atom is 0.195 e. The van der Waals surface area contributed by atoms with Crippen LogP contribution in [0.25, 0.3) is 5.69 Å². The maximum absolute atomic E-state index is 8.78. The Morgan fingerprint density at radius 1 is 1.17 bits per heavy atom. The first-order chi connectivity index (χ1) is 11.8. The van der Waals surface area contributed by atoms with Crippen LogP contribution in [0.2, 0.25) is 0 Å². The topological polar surface area (TPSA) is 57.7 Å². The van der Waals surface area contributed by atoms with E-state index in [1.807, 2.05) is 18.2 Å². The molecule has 0 saturated carbocycles. The lowest BCUT2D eigenvalue weighted by Gasteiger charge is -2.31. The van der Waals surface area contributed by atoms with Gasteiger partial charge in [-0.25, -0.2) is 0 Å². The Hall–Kier alpha value is -1.84. The molecule has 1 aliphatic rings. The second kappa shape index (κ2) is 8.32. The van der Waals surface area contributed by atoms with Gasteiger partial charge in [-0.2, -0.15) is 5.26 Å². The van der Waals surface area contributed by atoms with Crippen molar-refractivity contribution in [3.05, 3.63) is 36.2 Å². The van der Waals surface area contributed by atoms with Gasteiger partial charge < -0.3 is 0 Å². The van der Waals surface area contributed by atoms with Gasteiger partial charge in [0.25, 0.3) is 0 Å². The minimum absolute atomic E-state index is 0.239. The van der Waals surface area contributed by atoms with Crippen molar-refractivity contribution >= 4 is 11.8 Å². The standard InChI is InChI=1S/C18H23N5S/c1-15(22-12-6-3-7-13-22)17-20-21-18(24-14-8-11-19)23(17)16-9-4-2-5-10-16/h2,4-5,9-10,15H,3,6-8,12-14H2,1H3. The molecule has 6 heteroatoms. The highest BCUT2D eigenvalue weighted by Gasteiger charge is 2.25. The van der Waals surface area contributed by atoms with E-state index in [9.17, 15) is 0 Å². The summed E-state index contributed by atoms with van der Waals surface area (Å²) in [5.41, 5.74) is 1.08. The molecule has 0 radical (unpaired) electrons. The molecule has 126 valence electrons. The highest BCUT2D eigenvalue weighted by molar-refractivity contribution is 7.99. The quantitative estimate of drug-likeness (QED) is 0.590. The van der Waals surface area contributed by atoms with Crippen molar-refractivity contribution < 1.29 is 0 Å². The summed E-state index contributed by atoms with van der Waals surface area (Å²) in [6.07, 6.45) is 4.36. The van der Waals surface area contributed by atoms with Gasteiger partial charge in [0.1, 0.15) is 0 Å². The zero-order chi connectivity index (χ0) is 16.8. The molecule has 1 saturated heterocycles. The van der Waals surface area contributed by atoms with E-state index in [2.05, 4.69) is 44.8 Å². The molecule has 0 bridgehead atoms. The fraction of sp³-hybridized carbons (Fsp3) is 0.500. The van der Waals surface area contributed by atoms with Gasteiger partial charge in [0.15, 0.2) is 11.0 Å². The van der Waals surface area contributed by atoms with Crippen molar-refractivity contribution in [2.24, 2.45) is 0 Å². The molecule has 2 heterocycles. The van der Waals surface area contributed by atoms with Gasteiger partial charge >= 0.3 is 0 Å². The number of thioether (sulfide) groups is 1. The fourth-order valence-electron chi connectivity index (χ4n) is 3.12. The first-order valence-corrected chi connectivity index (χ1v) is 9.54. The van der Waals surface area contributed by atoms with Gasteiger partial charge in [-0.15, -0.1) is 10.2 Å². The van der Waals surface area contributed by atoms with E-state index in [0.29, 0.717) is 6.42 Å². The highest BCUT2D eigenvalue weighted by Crippen LogP contribution is 2.29. The van der Waals surface area contributed by atoms with Gasteiger partial charge in [0.05, 0.1) is 12.1 Å². The Kier molecular flexibility index (Phi) is 5.89. The second-order valence-corrected chi connectivity index (χ2v) is 7.10. The van der Waals surface area contributed by atoms with Gasteiger partial charge in [-0.1, -0.05) is 36.4 Å². The van der Waals surface area contributed by atoms with Crippen LogP contribution in [0.4, 0.5) is 0 Å². The lowest BCUT2D eigenvalue weighted by molar-refractivity contribution is 0.167. The molecule has 2 aromatic rings. The lowest BCUT2D eigenvalue weighted by Crippen LogP contribution is -2.33. The summed E-state index contributed by atoms with van der Waals surface area (Å²) >= 11 is 1.60. The number of benzene rings is 1. The van der Waals surface area contributed by atoms with Crippen molar-refractivity contribution in [1.82, 2.24) is 19.7 Å². The molecule has 0 N–H and O–H groups in total. The molecule has 0 spiro atoms. The number of piperidine rings is 1. The number of likely N-dealkylation sites (tertiary alicyclic amines) is 1. The van der Waals surface area contributed by atoms with Gasteiger partial charge in [0.2, 0.25) is 0 Å². The first-order valence-electron chi connectivity index (χ1n) is 8.56. The van der Waals surface area contributed by atoms with Crippen LogP contribution >= 0.6 is 11.8 Å². The number of nitriles is 1. The van der Waals surface area contributed by atoms with Gasteiger partial charge in [-0.05, 0) is 45.0 Å². The number of aromatic nitrogens is 3. The number of rotatable bonds is 6. The van der Waals surface area contributed by atoms with Crippen LogP contribution in [0.3, 0.4) is 0 Å². The van der Waals surface area contributed by atoms with E-state index in [-0.39, 0.29) is 6.04 Å². The summed E-state index contributed by atoms with van der Waals surface area (Å²) in [7, 11) is 0. The summed E-state index contributed by atoms with van der Waals surface area (Å²) in [5.74, 6) is 1.72. The molecule has 0 aliphatic carbocycles. The van der Waals surface area contributed by atoms with Crippen LogP contribution < -0.4 is 0 Å². The minimum Gasteiger partial charge on any atom is -0.294 e. The molecular formula is C18H23N5S. The Bertz CT molecular complexity index is 685. The predicted molar refractivity (Wildman–Crippen MR) is 96.2 cm³/mol. The Labute approximate surface area is 147 Å². The second-order valence-electron chi connectivity index (χ2n) is 6.04. The number of nitrogens with zero attached hydrogens (tertiary/aromatic N) is 5. The molecule has 1 aromatic heterocycles. The summed E-state index contributed by atoms with van der Waals surface area (Å²) in [6.45, 7) is 4.47. The zero-order valence-electron chi connectivity index (χ0n) is 14.1. The molecule has 3 rings (SSSR count).